The molecule has 3 rings (SSSR count). The molecular weight excluding hydrogens is 288 g/mol. The maximum Gasteiger partial charge on any atom is 0.316 e. The predicted octanol–water partition coefficient (Wildman–Crippen LogP) is 4.46. The van der Waals surface area contributed by atoms with Gasteiger partial charge in [0.2, 0.25) is 0 Å². The zero-order chi connectivity index (χ0) is 14.8. The van der Waals surface area contributed by atoms with Gasteiger partial charge in [0.05, 0.1) is 10.5 Å². The van der Waals surface area contributed by atoms with E-state index < -0.39 is 5.91 Å². The Morgan fingerprint density at radius 1 is 1.10 bits per heavy atom. The lowest BCUT2D eigenvalue weighted by atomic mass is 9.99. The van der Waals surface area contributed by atoms with Gasteiger partial charge in [0.1, 0.15) is 0 Å². The quantitative estimate of drug-likeness (QED) is 0.656. The molecule has 4 nitrogen and oxygen atoms in total. The number of carbonyl (C=O) groups is 1. The SMILES string of the molecule is O=NC(=O)c1ccc2ncc(Cl)c(-c3ccccc3)c2c1. The molecule has 0 unspecified atom stereocenters. The first-order chi connectivity index (χ1) is 10.2. The van der Waals surface area contributed by atoms with Gasteiger partial charge in [-0.3, -0.25) is 9.78 Å². The molecule has 0 saturated carbocycles. The maximum absolute atomic E-state index is 11.5. The number of amides is 1. The van der Waals surface area contributed by atoms with Crippen molar-refractivity contribution in [2.75, 3.05) is 0 Å². The van der Waals surface area contributed by atoms with Crippen LogP contribution in [0.2, 0.25) is 5.02 Å². The fourth-order valence-corrected chi connectivity index (χ4v) is 2.51. The topological polar surface area (TPSA) is 59.4 Å². The van der Waals surface area contributed by atoms with Crippen molar-refractivity contribution in [3.05, 3.63) is 70.2 Å². The summed E-state index contributed by atoms with van der Waals surface area (Å²) < 4.78 is 0. The van der Waals surface area contributed by atoms with E-state index in [-0.39, 0.29) is 5.56 Å². The van der Waals surface area contributed by atoms with E-state index >= 15 is 0 Å². The van der Waals surface area contributed by atoms with E-state index in [9.17, 15) is 9.70 Å². The lowest BCUT2D eigenvalue weighted by Crippen LogP contribution is -1.95. The second kappa shape index (κ2) is 5.42. The third-order valence-electron chi connectivity index (χ3n) is 3.21. The van der Waals surface area contributed by atoms with Crippen LogP contribution in [0.25, 0.3) is 22.0 Å². The Bertz CT molecular complexity index is 848. The summed E-state index contributed by atoms with van der Waals surface area (Å²) in [6.45, 7) is 0. The molecule has 0 spiro atoms. The minimum atomic E-state index is -0.809. The maximum atomic E-state index is 11.5. The standard InChI is InChI=1S/C16H9ClN2O2/c17-13-9-18-14-7-6-11(16(20)19-21)8-12(14)15(13)10-4-2-1-3-5-10/h1-9H. The van der Waals surface area contributed by atoms with E-state index in [4.69, 9.17) is 11.6 Å². The Labute approximate surface area is 125 Å². The molecule has 5 heteroatoms. The third-order valence-corrected chi connectivity index (χ3v) is 3.50. The molecule has 1 amide bonds. The van der Waals surface area contributed by atoms with Crippen molar-refractivity contribution >= 4 is 28.4 Å². The molecule has 1 heterocycles. The highest BCUT2D eigenvalue weighted by Gasteiger charge is 2.13. The number of nitroso groups, excluding NO2 is 1. The Kier molecular flexibility index (Phi) is 3.46. The highest BCUT2D eigenvalue weighted by atomic mass is 35.5. The fourth-order valence-electron chi connectivity index (χ4n) is 2.25. The van der Waals surface area contributed by atoms with Gasteiger partial charge in [0.25, 0.3) is 0 Å². The van der Waals surface area contributed by atoms with Gasteiger partial charge in [-0.1, -0.05) is 41.9 Å². The van der Waals surface area contributed by atoms with E-state index in [1.165, 1.54) is 6.07 Å². The summed E-state index contributed by atoms with van der Waals surface area (Å²) >= 11 is 6.27. The monoisotopic (exact) mass is 296 g/mol. The predicted molar refractivity (Wildman–Crippen MR) is 82.3 cm³/mol. The largest absolute Gasteiger partial charge is 0.316 e. The van der Waals surface area contributed by atoms with Gasteiger partial charge in [0.15, 0.2) is 0 Å². The lowest BCUT2D eigenvalue weighted by Gasteiger charge is -2.09. The van der Waals surface area contributed by atoms with Gasteiger partial charge in [0, 0.05) is 27.9 Å². The summed E-state index contributed by atoms with van der Waals surface area (Å²) in [4.78, 5) is 26.1. The Morgan fingerprint density at radius 2 is 1.86 bits per heavy atom. The van der Waals surface area contributed by atoms with E-state index in [0.29, 0.717) is 15.9 Å². The van der Waals surface area contributed by atoms with Crippen LogP contribution in [0.3, 0.4) is 0 Å². The van der Waals surface area contributed by atoms with Crippen LogP contribution < -0.4 is 0 Å². The second-order valence-electron chi connectivity index (χ2n) is 4.48. The first-order valence-electron chi connectivity index (χ1n) is 6.22. The van der Waals surface area contributed by atoms with Crippen LogP contribution in [0.5, 0.6) is 0 Å². The van der Waals surface area contributed by atoms with E-state index in [1.807, 2.05) is 30.3 Å². The molecule has 0 aliphatic heterocycles. The highest BCUT2D eigenvalue weighted by Crippen LogP contribution is 2.34. The van der Waals surface area contributed by atoms with E-state index in [0.717, 1.165) is 11.1 Å². The number of pyridine rings is 1. The minimum Gasteiger partial charge on any atom is -0.263 e. The van der Waals surface area contributed by atoms with Crippen LogP contribution in [0.1, 0.15) is 10.4 Å². The normalized spacial score (nSPS) is 10.5. The molecule has 21 heavy (non-hydrogen) atoms. The molecule has 2 aromatic carbocycles. The first-order valence-corrected chi connectivity index (χ1v) is 6.60. The van der Waals surface area contributed by atoms with Gasteiger partial charge in [-0.15, -0.1) is 4.91 Å². The molecule has 0 saturated heterocycles. The fraction of sp³-hybridized carbons (Fsp3) is 0. The number of benzene rings is 2. The molecule has 0 bridgehead atoms. The number of aromatic nitrogens is 1. The Hall–Kier alpha value is -2.59. The molecule has 1 aromatic heterocycles. The number of hydrogen-bond donors (Lipinski definition) is 0. The summed E-state index contributed by atoms with van der Waals surface area (Å²) in [6.07, 6.45) is 1.58. The molecule has 0 radical (unpaired) electrons. The van der Waals surface area contributed by atoms with Crippen LogP contribution in [-0.2, 0) is 0 Å². The van der Waals surface area contributed by atoms with E-state index in [2.05, 4.69) is 10.2 Å². The Balaban J connectivity index is 2.34. The van der Waals surface area contributed by atoms with Crippen molar-refractivity contribution in [3.63, 3.8) is 0 Å². The number of rotatable bonds is 2. The molecule has 102 valence electrons. The van der Waals surface area contributed by atoms with Crippen LogP contribution in [0.4, 0.5) is 0 Å². The number of fused-ring (bicyclic) bond motifs is 1. The minimum absolute atomic E-state index is 0.221. The van der Waals surface area contributed by atoms with Gasteiger partial charge >= 0.3 is 5.91 Å². The lowest BCUT2D eigenvalue weighted by molar-refractivity contribution is 0.100. The van der Waals surface area contributed by atoms with E-state index in [1.54, 1.807) is 18.3 Å². The average molecular weight is 297 g/mol. The molecule has 0 fully saturated rings. The summed E-state index contributed by atoms with van der Waals surface area (Å²) in [7, 11) is 0. The van der Waals surface area contributed by atoms with Crippen LogP contribution in [0.15, 0.2) is 59.9 Å². The van der Waals surface area contributed by atoms with Crippen molar-refractivity contribution in [2.24, 2.45) is 5.18 Å². The van der Waals surface area contributed by atoms with Gasteiger partial charge < -0.3 is 0 Å². The van der Waals surface area contributed by atoms with Gasteiger partial charge in [-0.25, -0.2) is 0 Å². The second-order valence-corrected chi connectivity index (χ2v) is 4.88. The van der Waals surface area contributed by atoms with Crippen LogP contribution in [0, 0.1) is 4.91 Å². The zero-order valence-electron chi connectivity index (χ0n) is 10.8. The first kappa shape index (κ1) is 13.4. The molecule has 3 aromatic rings. The number of halogens is 1. The Morgan fingerprint density at radius 3 is 2.57 bits per heavy atom. The average Bonchev–Trinajstić information content (AvgIpc) is 2.54. The molecule has 0 aliphatic carbocycles. The van der Waals surface area contributed by atoms with Crippen LogP contribution in [-0.4, -0.2) is 10.9 Å². The summed E-state index contributed by atoms with van der Waals surface area (Å²) in [5, 5.41) is 3.64. The summed E-state index contributed by atoms with van der Waals surface area (Å²) in [5.74, 6) is -0.809. The van der Waals surface area contributed by atoms with Crippen LogP contribution >= 0.6 is 11.6 Å². The number of nitrogens with zero attached hydrogens (tertiary/aromatic N) is 2. The molecule has 0 atom stereocenters. The molecule has 0 aliphatic rings. The molecule has 0 N–H and O–H groups in total. The zero-order valence-corrected chi connectivity index (χ0v) is 11.5. The molecular formula is C16H9ClN2O2. The smallest absolute Gasteiger partial charge is 0.263 e. The highest BCUT2D eigenvalue weighted by molar-refractivity contribution is 6.34. The van der Waals surface area contributed by atoms with Gasteiger partial charge in [-0.2, -0.15) is 0 Å². The summed E-state index contributed by atoms with van der Waals surface area (Å²) in [5.41, 5.74) is 2.61. The van der Waals surface area contributed by atoms with Crippen molar-refractivity contribution in [2.45, 2.75) is 0 Å². The van der Waals surface area contributed by atoms with Crippen molar-refractivity contribution in [3.8, 4) is 11.1 Å². The van der Waals surface area contributed by atoms with Crippen molar-refractivity contribution in [1.29, 1.82) is 0 Å². The van der Waals surface area contributed by atoms with Crippen molar-refractivity contribution in [1.82, 2.24) is 4.98 Å². The number of carbonyl (C=O) groups excluding carboxylic acids is 1. The number of hydrogen-bond acceptors (Lipinski definition) is 3. The summed E-state index contributed by atoms with van der Waals surface area (Å²) in [6, 6.07) is 14.4. The van der Waals surface area contributed by atoms with Crippen molar-refractivity contribution < 1.29 is 4.79 Å². The third kappa shape index (κ3) is 2.41. The van der Waals surface area contributed by atoms with Gasteiger partial charge in [-0.05, 0) is 23.8 Å².